The summed E-state index contributed by atoms with van der Waals surface area (Å²) in [6.45, 7) is 6.85. The van der Waals surface area contributed by atoms with Crippen molar-refractivity contribution in [3.05, 3.63) is 29.8 Å². The Kier molecular flexibility index (Phi) is 7.11. The number of carbonyl (C=O) groups is 1. The van der Waals surface area contributed by atoms with Crippen LogP contribution in [0.2, 0.25) is 0 Å². The molecular formula is C19H29N3O4. The Morgan fingerprint density at radius 3 is 2.69 bits per heavy atom. The molecule has 7 nitrogen and oxygen atoms in total. The van der Waals surface area contributed by atoms with Crippen molar-refractivity contribution in [3.63, 3.8) is 0 Å². The Labute approximate surface area is 155 Å². The molecule has 26 heavy (non-hydrogen) atoms. The molecule has 1 atom stereocenters. The predicted octanol–water partition coefficient (Wildman–Crippen LogP) is 1.33. The minimum absolute atomic E-state index is 0.0294. The maximum Gasteiger partial charge on any atom is 0.317 e. The number of ether oxygens (including phenoxy) is 3. The third-order valence-corrected chi connectivity index (χ3v) is 4.81. The van der Waals surface area contributed by atoms with Gasteiger partial charge in [-0.1, -0.05) is 12.1 Å². The van der Waals surface area contributed by atoms with Gasteiger partial charge in [0.1, 0.15) is 5.75 Å². The lowest BCUT2D eigenvalue weighted by Gasteiger charge is -2.31. The van der Waals surface area contributed by atoms with Crippen molar-refractivity contribution < 1.29 is 19.0 Å². The molecule has 1 unspecified atom stereocenters. The Balaban J connectivity index is 1.48. The first-order chi connectivity index (χ1) is 12.7. The minimum Gasteiger partial charge on any atom is -0.497 e. The van der Waals surface area contributed by atoms with E-state index in [9.17, 15) is 4.79 Å². The van der Waals surface area contributed by atoms with E-state index in [1.807, 2.05) is 29.2 Å². The fraction of sp³-hybridized carbons (Fsp3) is 0.632. The van der Waals surface area contributed by atoms with E-state index in [0.717, 1.165) is 57.1 Å². The number of nitrogens with one attached hydrogen (secondary N) is 1. The van der Waals surface area contributed by atoms with Crippen molar-refractivity contribution >= 4 is 6.03 Å². The quantitative estimate of drug-likeness (QED) is 0.855. The molecular weight excluding hydrogens is 334 g/mol. The zero-order valence-corrected chi connectivity index (χ0v) is 15.5. The van der Waals surface area contributed by atoms with Gasteiger partial charge in [0.25, 0.3) is 0 Å². The van der Waals surface area contributed by atoms with Gasteiger partial charge in [0, 0.05) is 45.9 Å². The third-order valence-electron chi connectivity index (χ3n) is 4.81. The van der Waals surface area contributed by atoms with Crippen molar-refractivity contribution in [1.82, 2.24) is 15.1 Å². The number of morpholine rings is 1. The lowest BCUT2D eigenvalue weighted by atomic mass is 10.2. The van der Waals surface area contributed by atoms with Crippen LogP contribution in [0.4, 0.5) is 4.79 Å². The van der Waals surface area contributed by atoms with Crippen LogP contribution in [0.15, 0.2) is 24.3 Å². The van der Waals surface area contributed by atoms with Gasteiger partial charge in [0.15, 0.2) is 0 Å². The number of carbonyl (C=O) groups excluding carboxylic acids is 1. The molecule has 2 saturated heterocycles. The second-order valence-electron chi connectivity index (χ2n) is 6.71. The summed E-state index contributed by atoms with van der Waals surface area (Å²) in [5.74, 6) is 0.815. The number of methoxy groups -OCH3 is 1. The van der Waals surface area contributed by atoms with E-state index >= 15 is 0 Å². The molecule has 2 aliphatic rings. The molecule has 1 aromatic carbocycles. The van der Waals surface area contributed by atoms with Gasteiger partial charge in [-0.25, -0.2) is 4.79 Å². The van der Waals surface area contributed by atoms with Gasteiger partial charge < -0.3 is 24.4 Å². The monoisotopic (exact) mass is 363 g/mol. The zero-order valence-electron chi connectivity index (χ0n) is 15.5. The molecule has 3 rings (SSSR count). The molecule has 0 radical (unpaired) electrons. The molecule has 144 valence electrons. The maximum atomic E-state index is 12.6. The van der Waals surface area contributed by atoms with E-state index < -0.39 is 0 Å². The number of hydrogen-bond donors (Lipinski definition) is 1. The molecule has 2 heterocycles. The van der Waals surface area contributed by atoms with Gasteiger partial charge in [-0.3, -0.25) is 4.90 Å². The lowest BCUT2D eigenvalue weighted by molar-refractivity contribution is -0.0101. The highest BCUT2D eigenvalue weighted by Crippen LogP contribution is 2.12. The number of nitrogens with zero attached hydrogens (tertiary/aromatic N) is 2. The first-order valence-electron chi connectivity index (χ1n) is 9.32. The number of amides is 2. The largest absolute Gasteiger partial charge is 0.497 e. The normalized spacial score (nSPS) is 21.9. The average Bonchev–Trinajstić information content (AvgIpc) is 2.93. The number of benzene rings is 1. The summed E-state index contributed by atoms with van der Waals surface area (Å²) in [5.41, 5.74) is 1.05. The van der Waals surface area contributed by atoms with Gasteiger partial charge in [0.2, 0.25) is 0 Å². The molecule has 7 heteroatoms. The van der Waals surface area contributed by atoms with Crippen LogP contribution in [0.3, 0.4) is 0 Å². The van der Waals surface area contributed by atoms with Crippen molar-refractivity contribution in [2.45, 2.75) is 19.1 Å². The smallest absolute Gasteiger partial charge is 0.317 e. The molecule has 0 aliphatic carbocycles. The summed E-state index contributed by atoms with van der Waals surface area (Å²) in [4.78, 5) is 16.8. The topological polar surface area (TPSA) is 63.3 Å². The van der Waals surface area contributed by atoms with Crippen LogP contribution in [0, 0.1) is 0 Å². The van der Waals surface area contributed by atoms with Crippen LogP contribution < -0.4 is 10.1 Å². The van der Waals surface area contributed by atoms with Crippen molar-refractivity contribution in [3.8, 4) is 5.75 Å². The number of rotatable bonds is 5. The number of hydrogen-bond acceptors (Lipinski definition) is 5. The summed E-state index contributed by atoms with van der Waals surface area (Å²) in [5, 5.41) is 3.02. The van der Waals surface area contributed by atoms with Crippen LogP contribution in [0.5, 0.6) is 5.75 Å². The van der Waals surface area contributed by atoms with Crippen LogP contribution in [0.25, 0.3) is 0 Å². The molecule has 2 aliphatic heterocycles. The molecule has 1 N–H and O–H groups in total. The Hall–Kier alpha value is -1.83. The van der Waals surface area contributed by atoms with Gasteiger partial charge in [0.05, 0.1) is 26.4 Å². The summed E-state index contributed by atoms with van der Waals surface area (Å²) < 4.78 is 16.5. The molecule has 0 saturated carbocycles. The van der Waals surface area contributed by atoms with Gasteiger partial charge >= 0.3 is 6.03 Å². The van der Waals surface area contributed by atoms with Gasteiger partial charge in [-0.05, 0) is 24.1 Å². The van der Waals surface area contributed by atoms with Crippen molar-refractivity contribution in [2.75, 3.05) is 59.7 Å². The van der Waals surface area contributed by atoms with Crippen molar-refractivity contribution in [2.24, 2.45) is 0 Å². The standard InChI is InChI=1S/C19H29N3O4/c1-24-17-5-3-16(4-6-17)13-20-19(23)22-7-2-10-26-18(15-22)14-21-8-11-25-12-9-21/h3-6,18H,2,7-15H2,1H3,(H,20,23). The summed E-state index contributed by atoms with van der Waals surface area (Å²) in [6.07, 6.45) is 0.928. The van der Waals surface area contributed by atoms with Crippen LogP contribution in [-0.2, 0) is 16.0 Å². The molecule has 0 aromatic heterocycles. The summed E-state index contributed by atoms with van der Waals surface area (Å²) >= 11 is 0. The van der Waals surface area contributed by atoms with E-state index in [0.29, 0.717) is 19.7 Å². The highest BCUT2D eigenvalue weighted by Gasteiger charge is 2.25. The Bertz CT molecular complexity index is 560. The predicted molar refractivity (Wildman–Crippen MR) is 98.4 cm³/mol. The SMILES string of the molecule is COc1ccc(CNC(=O)N2CCCOC(CN3CCOCC3)C2)cc1. The molecule has 0 bridgehead atoms. The highest BCUT2D eigenvalue weighted by molar-refractivity contribution is 5.74. The maximum absolute atomic E-state index is 12.6. The second-order valence-corrected chi connectivity index (χ2v) is 6.71. The summed E-state index contributed by atoms with van der Waals surface area (Å²) in [7, 11) is 1.64. The van der Waals surface area contributed by atoms with Gasteiger partial charge in [-0.2, -0.15) is 0 Å². The van der Waals surface area contributed by atoms with E-state index in [4.69, 9.17) is 14.2 Å². The number of urea groups is 1. The van der Waals surface area contributed by atoms with E-state index in [1.54, 1.807) is 7.11 Å². The van der Waals surface area contributed by atoms with E-state index in [2.05, 4.69) is 10.2 Å². The Morgan fingerprint density at radius 2 is 1.96 bits per heavy atom. The summed E-state index contributed by atoms with van der Waals surface area (Å²) in [6, 6.07) is 7.70. The fourth-order valence-corrected chi connectivity index (χ4v) is 3.29. The first-order valence-corrected chi connectivity index (χ1v) is 9.32. The fourth-order valence-electron chi connectivity index (χ4n) is 3.29. The zero-order chi connectivity index (χ0) is 18.2. The third kappa shape index (κ3) is 5.59. The molecule has 0 spiro atoms. The van der Waals surface area contributed by atoms with E-state index in [1.165, 1.54) is 0 Å². The van der Waals surface area contributed by atoms with Crippen LogP contribution >= 0.6 is 0 Å². The van der Waals surface area contributed by atoms with E-state index in [-0.39, 0.29) is 12.1 Å². The molecule has 1 aromatic rings. The average molecular weight is 363 g/mol. The lowest BCUT2D eigenvalue weighted by Crippen LogP contribution is -2.47. The van der Waals surface area contributed by atoms with Crippen LogP contribution in [-0.4, -0.2) is 81.6 Å². The highest BCUT2D eigenvalue weighted by atomic mass is 16.5. The minimum atomic E-state index is -0.0294. The molecule has 2 amide bonds. The van der Waals surface area contributed by atoms with Crippen molar-refractivity contribution in [1.29, 1.82) is 0 Å². The second kappa shape index (κ2) is 9.75. The van der Waals surface area contributed by atoms with Gasteiger partial charge in [-0.15, -0.1) is 0 Å². The Morgan fingerprint density at radius 1 is 1.19 bits per heavy atom. The molecule has 2 fully saturated rings. The first kappa shape index (κ1) is 18.9. The van der Waals surface area contributed by atoms with Crippen LogP contribution in [0.1, 0.15) is 12.0 Å².